The minimum Gasteiger partial charge on any atom is -0.497 e. The first-order valence-corrected chi connectivity index (χ1v) is 10.5. The van der Waals surface area contributed by atoms with Gasteiger partial charge in [0.1, 0.15) is 11.6 Å². The highest BCUT2D eigenvalue weighted by Crippen LogP contribution is 2.22. The van der Waals surface area contributed by atoms with Crippen LogP contribution in [0.15, 0.2) is 47.0 Å². The second-order valence-corrected chi connectivity index (χ2v) is 7.51. The first-order chi connectivity index (χ1) is 15.9. The van der Waals surface area contributed by atoms with Gasteiger partial charge in [0.15, 0.2) is 5.58 Å². The SMILES string of the molecule is COc1ccc(N2CCN(CCCc3noc4cc(F)ccc34)CC2)cc1.O=C(O)C(=O)O. The molecular formula is C23H26FN3O6. The van der Waals surface area contributed by atoms with Crippen LogP contribution in [0.1, 0.15) is 12.1 Å². The Morgan fingerprint density at radius 3 is 2.33 bits per heavy atom. The van der Waals surface area contributed by atoms with Crippen LogP contribution < -0.4 is 9.64 Å². The number of aryl methyl sites for hydroxylation is 1. The van der Waals surface area contributed by atoms with Crippen molar-refractivity contribution in [1.82, 2.24) is 10.1 Å². The smallest absolute Gasteiger partial charge is 0.414 e. The van der Waals surface area contributed by atoms with Crippen LogP contribution in [0.25, 0.3) is 11.0 Å². The van der Waals surface area contributed by atoms with Crippen molar-refractivity contribution in [2.75, 3.05) is 44.7 Å². The minimum absolute atomic E-state index is 0.292. The number of carbonyl (C=O) groups is 2. The fourth-order valence-electron chi connectivity index (χ4n) is 3.64. The Labute approximate surface area is 189 Å². The molecule has 3 aromatic rings. The van der Waals surface area contributed by atoms with Gasteiger partial charge in [0.05, 0.1) is 12.8 Å². The van der Waals surface area contributed by atoms with Gasteiger partial charge in [-0.15, -0.1) is 0 Å². The molecule has 9 nitrogen and oxygen atoms in total. The predicted molar refractivity (Wildman–Crippen MR) is 119 cm³/mol. The summed E-state index contributed by atoms with van der Waals surface area (Å²) in [5.41, 5.74) is 2.69. The average molecular weight is 459 g/mol. The van der Waals surface area contributed by atoms with Gasteiger partial charge in [0.25, 0.3) is 0 Å². The number of fused-ring (bicyclic) bond motifs is 1. The minimum atomic E-state index is -1.82. The molecule has 0 atom stereocenters. The number of ether oxygens (including phenoxy) is 1. The van der Waals surface area contributed by atoms with Crippen LogP contribution in [0.5, 0.6) is 5.75 Å². The summed E-state index contributed by atoms with van der Waals surface area (Å²) in [5.74, 6) is -3.05. The van der Waals surface area contributed by atoms with Crippen LogP contribution in [0.2, 0.25) is 0 Å². The lowest BCUT2D eigenvalue weighted by molar-refractivity contribution is -0.159. The molecule has 0 unspecified atom stereocenters. The number of benzene rings is 2. The second kappa shape index (κ2) is 11.3. The van der Waals surface area contributed by atoms with E-state index in [4.69, 9.17) is 29.1 Å². The number of hydrogen-bond acceptors (Lipinski definition) is 7. The molecule has 1 aliphatic rings. The molecule has 0 radical (unpaired) electrons. The number of piperazine rings is 1. The molecule has 1 aliphatic heterocycles. The lowest BCUT2D eigenvalue weighted by Crippen LogP contribution is -2.46. The maximum atomic E-state index is 13.2. The molecule has 1 saturated heterocycles. The van der Waals surface area contributed by atoms with Crippen LogP contribution in [-0.2, 0) is 16.0 Å². The normalized spacial score (nSPS) is 13.9. The van der Waals surface area contributed by atoms with Crippen LogP contribution in [0.4, 0.5) is 10.1 Å². The molecule has 0 amide bonds. The van der Waals surface area contributed by atoms with E-state index in [1.54, 1.807) is 13.2 Å². The molecule has 0 bridgehead atoms. The van der Waals surface area contributed by atoms with Gasteiger partial charge in [0.2, 0.25) is 0 Å². The molecule has 1 aromatic heterocycles. The van der Waals surface area contributed by atoms with Crippen molar-refractivity contribution in [2.24, 2.45) is 0 Å². The highest BCUT2D eigenvalue weighted by atomic mass is 19.1. The summed E-state index contributed by atoms with van der Waals surface area (Å²) >= 11 is 0. The molecule has 1 fully saturated rings. The van der Waals surface area contributed by atoms with Crippen molar-refractivity contribution in [3.8, 4) is 5.75 Å². The number of nitrogens with zero attached hydrogens (tertiary/aromatic N) is 3. The van der Waals surface area contributed by atoms with E-state index in [-0.39, 0.29) is 5.82 Å². The maximum absolute atomic E-state index is 13.2. The number of hydrogen-bond donors (Lipinski definition) is 2. The van der Waals surface area contributed by atoms with Gasteiger partial charge in [-0.25, -0.2) is 14.0 Å². The number of carboxylic acid groups (broad SMARTS) is 2. The van der Waals surface area contributed by atoms with Gasteiger partial charge in [-0.3, -0.25) is 4.90 Å². The largest absolute Gasteiger partial charge is 0.497 e. The van der Waals surface area contributed by atoms with Crippen LogP contribution in [0.3, 0.4) is 0 Å². The van der Waals surface area contributed by atoms with Gasteiger partial charge in [-0.2, -0.15) is 0 Å². The number of methoxy groups -OCH3 is 1. The van der Waals surface area contributed by atoms with E-state index in [0.717, 1.165) is 62.4 Å². The molecule has 0 saturated carbocycles. The molecule has 176 valence electrons. The van der Waals surface area contributed by atoms with Gasteiger partial charge < -0.3 is 24.4 Å². The molecule has 33 heavy (non-hydrogen) atoms. The Morgan fingerprint density at radius 1 is 1.06 bits per heavy atom. The summed E-state index contributed by atoms with van der Waals surface area (Å²) < 4.78 is 23.7. The zero-order valence-corrected chi connectivity index (χ0v) is 18.2. The summed E-state index contributed by atoms with van der Waals surface area (Å²) in [6.45, 7) is 5.19. The highest BCUT2D eigenvalue weighted by molar-refractivity contribution is 6.27. The number of aromatic nitrogens is 1. The summed E-state index contributed by atoms with van der Waals surface area (Å²) in [4.78, 5) is 23.1. The Kier molecular flexibility index (Phi) is 8.20. The Bertz CT molecular complexity index is 1070. The van der Waals surface area contributed by atoms with Crippen molar-refractivity contribution < 1.29 is 33.5 Å². The quantitative estimate of drug-likeness (QED) is 0.537. The zero-order chi connectivity index (χ0) is 23.8. The molecule has 2 N–H and O–H groups in total. The van der Waals surface area contributed by atoms with E-state index in [9.17, 15) is 4.39 Å². The predicted octanol–water partition coefficient (Wildman–Crippen LogP) is 2.89. The third-order valence-corrected chi connectivity index (χ3v) is 5.39. The van der Waals surface area contributed by atoms with Crippen molar-refractivity contribution in [2.45, 2.75) is 12.8 Å². The maximum Gasteiger partial charge on any atom is 0.414 e. The van der Waals surface area contributed by atoms with Gasteiger partial charge in [-0.1, -0.05) is 5.16 Å². The number of carboxylic acids is 2. The first kappa shape index (κ1) is 24.0. The van der Waals surface area contributed by atoms with Gasteiger partial charge in [0, 0.05) is 43.3 Å². The molecule has 0 aliphatic carbocycles. The van der Waals surface area contributed by atoms with Crippen LogP contribution in [0, 0.1) is 5.82 Å². The zero-order valence-electron chi connectivity index (χ0n) is 18.2. The highest BCUT2D eigenvalue weighted by Gasteiger charge is 2.17. The average Bonchev–Trinajstić information content (AvgIpc) is 3.22. The van der Waals surface area contributed by atoms with E-state index < -0.39 is 11.9 Å². The molecule has 0 spiro atoms. The third-order valence-electron chi connectivity index (χ3n) is 5.39. The number of rotatable bonds is 6. The summed E-state index contributed by atoms with van der Waals surface area (Å²) in [7, 11) is 1.69. The Hall–Kier alpha value is -3.66. The number of halogens is 1. The van der Waals surface area contributed by atoms with Crippen LogP contribution >= 0.6 is 0 Å². The standard InChI is InChI=1S/C21H24FN3O2.C2H2O4/c1-26-18-7-5-17(6-8-18)25-13-11-24(12-14-25)10-2-3-20-19-9-4-16(22)15-21(19)27-23-20;3-1(4)2(5)6/h4-9,15H,2-3,10-14H2,1H3;(H,3,4)(H,5,6). The first-order valence-electron chi connectivity index (χ1n) is 10.5. The van der Waals surface area contributed by atoms with Gasteiger partial charge >= 0.3 is 11.9 Å². The Balaban J connectivity index is 0.000000454. The third kappa shape index (κ3) is 6.66. The number of aliphatic carboxylic acids is 2. The summed E-state index contributed by atoms with van der Waals surface area (Å²) in [6, 6.07) is 12.9. The van der Waals surface area contributed by atoms with Crippen molar-refractivity contribution in [3.05, 3.63) is 54.0 Å². The molecule has 2 heterocycles. The molecule has 2 aromatic carbocycles. The van der Waals surface area contributed by atoms with E-state index in [2.05, 4.69) is 27.1 Å². The summed E-state index contributed by atoms with van der Waals surface area (Å²) in [5, 5.41) is 19.8. The topological polar surface area (TPSA) is 116 Å². The van der Waals surface area contributed by atoms with E-state index in [0.29, 0.717) is 5.58 Å². The number of anilines is 1. The summed E-state index contributed by atoms with van der Waals surface area (Å²) in [6.07, 6.45) is 1.86. The van der Waals surface area contributed by atoms with Crippen molar-refractivity contribution in [1.29, 1.82) is 0 Å². The fourth-order valence-corrected chi connectivity index (χ4v) is 3.64. The van der Waals surface area contributed by atoms with Crippen molar-refractivity contribution in [3.63, 3.8) is 0 Å². The van der Waals surface area contributed by atoms with Crippen molar-refractivity contribution >= 4 is 28.6 Å². The van der Waals surface area contributed by atoms with E-state index in [1.165, 1.54) is 17.8 Å². The van der Waals surface area contributed by atoms with E-state index >= 15 is 0 Å². The van der Waals surface area contributed by atoms with Gasteiger partial charge in [-0.05, 0) is 55.8 Å². The monoisotopic (exact) mass is 459 g/mol. The molecular weight excluding hydrogens is 433 g/mol. The molecule has 10 heteroatoms. The van der Waals surface area contributed by atoms with Crippen LogP contribution in [-0.4, -0.2) is 72.0 Å². The fraction of sp³-hybridized carbons (Fsp3) is 0.348. The molecule has 4 rings (SSSR count). The lowest BCUT2D eigenvalue weighted by Gasteiger charge is -2.36. The second-order valence-electron chi connectivity index (χ2n) is 7.51. The Morgan fingerprint density at radius 2 is 1.73 bits per heavy atom. The lowest BCUT2D eigenvalue weighted by atomic mass is 10.1. The van der Waals surface area contributed by atoms with E-state index in [1.807, 2.05) is 12.1 Å².